The molecule has 3 saturated heterocycles. The fraction of sp³-hybridized carbons (Fsp3) is 0.750. The highest BCUT2D eigenvalue weighted by molar-refractivity contribution is 5.13. The normalized spacial score (nSPS) is 32.4. The van der Waals surface area contributed by atoms with Gasteiger partial charge in [0, 0.05) is 70.4 Å². The van der Waals surface area contributed by atoms with Crippen molar-refractivity contribution in [2.45, 2.75) is 31.3 Å². The van der Waals surface area contributed by atoms with Gasteiger partial charge in [0.15, 0.2) is 0 Å². The first kappa shape index (κ1) is 17.4. The number of hydrogen-bond acceptors (Lipinski definition) is 5. The van der Waals surface area contributed by atoms with Crippen LogP contribution in [0.4, 0.5) is 0 Å². The van der Waals surface area contributed by atoms with Crippen molar-refractivity contribution < 1.29 is 4.74 Å². The number of ether oxygens (including phenoxy) is 1. The molecule has 0 unspecified atom stereocenters. The van der Waals surface area contributed by atoms with E-state index in [-0.39, 0.29) is 0 Å². The van der Waals surface area contributed by atoms with E-state index in [0.29, 0.717) is 12.1 Å². The average Bonchev–Trinajstić information content (AvgIpc) is 3.28. The predicted molar refractivity (Wildman–Crippen MR) is 99.7 cm³/mol. The predicted octanol–water partition coefficient (Wildman–Crippen LogP) is 1.35. The van der Waals surface area contributed by atoms with Crippen molar-refractivity contribution in [2.24, 2.45) is 5.92 Å². The Morgan fingerprint density at radius 3 is 2.76 bits per heavy atom. The van der Waals surface area contributed by atoms with E-state index < -0.39 is 0 Å². The van der Waals surface area contributed by atoms with Crippen molar-refractivity contribution in [3.8, 4) is 0 Å². The van der Waals surface area contributed by atoms with Crippen LogP contribution in [0.3, 0.4) is 0 Å². The topological polar surface area (TPSA) is 31.8 Å². The second-order valence-electron chi connectivity index (χ2n) is 8.05. The van der Waals surface area contributed by atoms with Gasteiger partial charge in [0.2, 0.25) is 0 Å². The molecule has 5 nitrogen and oxygen atoms in total. The first-order chi connectivity index (χ1) is 12.3. The van der Waals surface area contributed by atoms with Crippen molar-refractivity contribution in [3.63, 3.8) is 0 Å². The first-order valence-corrected chi connectivity index (χ1v) is 9.93. The number of hydrogen-bond donors (Lipinski definition) is 0. The van der Waals surface area contributed by atoms with Gasteiger partial charge in [0.1, 0.15) is 0 Å². The lowest BCUT2D eigenvalue weighted by atomic mass is 9.98. The molecule has 0 amide bonds. The Hall–Kier alpha value is -1.01. The second-order valence-corrected chi connectivity index (χ2v) is 8.05. The number of likely N-dealkylation sites (N-methyl/N-ethyl adjacent to an activating group) is 1. The van der Waals surface area contributed by atoms with Crippen molar-refractivity contribution in [1.82, 2.24) is 19.7 Å². The largest absolute Gasteiger partial charge is 0.381 e. The minimum atomic E-state index is 0.619. The van der Waals surface area contributed by atoms with Crippen LogP contribution >= 0.6 is 0 Å². The SMILES string of the molecule is CN1CCN([C@@H]2CCN(C[C@@H]3CCOC3)[C@H]2Cc2cccnc2)CC1. The molecule has 0 aliphatic carbocycles. The summed E-state index contributed by atoms with van der Waals surface area (Å²) in [5, 5.41) is 0. The van der Waals surface area contributed by atoms with Crippen molar-refractivity contribution >= 4 is 0 Å². The zero-order chi connectivity index (χ0) is 17.1. The molecule has 5 heteroatoms. The highest BCUT2D eigenvalue weighted by Gasteiger charge is 2.39. The minimum Gasteiger partial charge on any atom is -0.381 e. The van der Waals surface area contributed by atoms with E-state index in [2.05, 4.69) is 45.1 Å². The van der Waals surface area contributed by atoms with Crippen LogP contribution in [-0.2, 0) is 11.2 Å². The van der Waals surface area contributed by atoms with E-state index in [1.165, 1.54) is 57.7 Å². The van der Waals surface area contributed by atoms with Gasteiger partial charge in [-0.25, -0.2) is 0 Å². The fourth-order valence-corrected chi connectivity index (χ4v) is 4.79. The number of pyridine rings is 1. The molecule has 0 bridgehead atoms. The smallest absolute Gasteiger partial charge is 0.0507 e. The highest BCUT2D eigenvalue weighted by atomic mass is 16.5. The van der Waals surface area contributed by atoms with Crippen LogP contribution in [0.25, 0.3) is 0 Å². The molecular formula is C20H32N4O. The molecule has 0 aromatic carbocycles. The van der Waals surface area contributed by atoms with Gasteiger partial charge < -0.3 is 9.64 Å². The summed E-state index contributed by atoms with van der Waals surface area (Å²) in [6.07, 6.45) is 7.59. The van der Waals surface area contributed by atoms with Gasteiger partial charge in [-0.1, -0.05) is 6.07 Å². The Kier molecular flexibility index (Phi) is 5.66. The summed E-state index contributed by atoms with van der Waals surface area (Å²) in [6.45, 7) is 9.17. The molecular weight excluding hydrogens is 312 g/mol. The molecule has 138 valence electrons. The van der Waals surface area contributed by atoms with E-state index in [1.54, 1.807) is 0 Å². The lowest BCUT2D eigenvalue weighted by Gasteiger charge is -2.40. The maximum atomic E-state index is 5.62. The van der Waals surface area contributed by atoms with E-state index in [0.717, 1.165) is 25.6 Å². The Bertz CT molecular complexity index is 526. The summed E-state index contributed by atoms with van der Waals surface area (Å²) >= 11 is 0. The standard InChI is InChI=1S/C20H32N4O/c1-22-8-10-23(11-9-22)19-4-7-24(15-18-5-12-25-16-18)20(19)13-17-3-2-6-21-14-17/h2-3,6,14,18-20H,4-5,7-13,15-16H2,1H3/t18-,19+,20-/m0/s1. The molecule has 0 spiro atoms. The van der Waals surface area contributed by atoms with E-state index in [9.17, 15) is 0 Å². The van der Waals surface area contributed by atoms with Crippen molar-refractivity contribution in [2.75, 3.05) is 59.5 Å². The summed E-state index contributed by atoms with van der Waals surface area (Å²) in [7, 11) is 2.24. The fourth-order valence-electron chi connectivity index (χ4n) is 4.79. The van der Waals surface area contributed by atoms with Crippen LogP contribution in [-0.4, -0.2) is 91.3 Å². The molecule has 4 rings (SSSR count). The van der Waals surface area contributed by atoms with Gasteiger partial charge in [-0.3, -0.25) is 14.8 Å². The number of nitrogens with zero attached hydrogens (tertiary/aromatic N) is 4. The molecule has 0 saturated carbocycles. The molecule has 3 atom stereocenters. The molecule has 3 aliphatic rings. The molecule has 4 heterocycles. The lowest BCUT2D eigenvalue weighted by molar-refractivity contribution is 0.0816. The number of piperazine rings is 1. The first-order valence-electron chi connectivity index (χ1n) is 9.93. The van der Waals surface area contributed by atoms with Gasteiger partial charge in [0.05, 0.1) is 6.61 Å². The van der Waals surface area contributed by atoms with Gasteiger partial charge >= 0.3 is 0 Å². The van der Waals surface area contributed by atoms with Gasteiger partial charge in [-0.15, -0.1) is 0 Å². The van der Waals surface area contributed by atoms with E-state index in [1.807, 2.05) is 6.20 Å². The van der Waals surface area contributed by atoms with Crippen molar-refractivity contribution in [3.05, 3.63) is 30.1 Å². The molecule has 25 heavy (non-hydrogen) atoms. The quantitative estimate of drug-likeness (QED) is 0.805. The summed E-state index contributed by atoms with van der Waals surface area (Å²) in [5.41, 5.74) is 1.38. The third kappa shape index (κ3) is 4.22. The summed E-state index contributed by atoms with van der Waals surface area (Å²) in [6, 6.07) is 5.62. The average molecular weight is 345 g/mol. The zero-order valence-corrected chi connectivity index (χ0v) is 15.5. The third-order valence-corrected chi connectivity index (χ3v) is 6.32. The Balaban J connectivity index is 1.46. The van der Waals surface area contributed by atoms with Crippen LogP contribution in [0.2, 0.25) is 0 Å². The van der Waals surface area contributed by atoms with Crippen LogP contribution in [0.5, 0.6) is 0 Å². The van der Waals surface area contributed by atoms with Gasteiger partial charge in [-0.05, 0) is 43.9 Å². The van der Waals surface area contributed by atoms with E-state index in [4.69, 9.17) is 4.74 Å². The van der Waals surface area contributed by atoms with Gasteiger partial charge in [0.25, 0.3) is 0 Å². The molecule has 3 fully saturated rings. The monoisotopic (exact) mass is 344 g/mol. The molecule has 3 aliphatic heterocycles. The maximum Gasteiger partial charge on any atom is 0.0507 e. The summed E-state index contributed by atoms with van der Waals surface area (Å²) < 4.78 is 5.62. The third-order valence-electron chi connectivity index (χ3n) is 6.32. The lowest BCUT2D eigenvalue weighted by Crippen LogP contribution is -2.53. The molecule has 1 aromatic heterocycles. The number of likely N-dealkylation sites (tertiary alicyclic amines) is 1. The Morgan fingerprint density at radius 2 is 2.04 bits per heavy atom. The van der Waals surface area contributed by atoms with Gasteiger partial charge in [-0.2, -0.15) is 0 Å². The minimum absolute atomic E-state index is 0.619. The highest BCUT2D eigenvalue weighted by Crippen LogP contribution is 2.29. The second kappa shape index (κ2) is 8.12. The zero-order valence-electron chi connectivity index (χ0n) is 15.5. The summed E-state index contributed by atoms with van der Waals surface area (Å²) in [4.78, 5) is 12.3. The molecule has 0 radical (unpaired) electrons. The van der Waals surface area contributed by atoms with Crippen molar-refractivity contribution in [1.29, 1.82) is 0 Å². The Labute approximate surface area is 152 Å². The number of rotatable bonds is 5. The molecule has 0 N–H and O–H groups in total. The van der Waals surface area contributed by atoms with Crippen LogP contribution < -0.4 is 0 Å². The maximum absolute atomic E-state index is 5.62. The van der Waals surface area contributed by atoms with Crippen LogP contribution in [0.1, 0.15) is 18.4 Å². The van der Waals surface area contributed by atoms with Crippen LogP contribution in [0.15, 0.2) is 24.5 Å². The summed E-state index contributed by atoms with van der Waals surface area (Å²) in [5.74, 6) is 0.725. The molecule has 1 aromatic rings. The van der Waals surface area contributed by atoms with Crippen LogP contribution in [0, 0.1) is 5.92 Å². The number of aromatic nitrogens is 1. The van der Waals surface area contributed by atoms with E-state index >= 15 is 0 Å². The Morgan fingerprint density at radius 1 is 1.16 bits per heavy atom.